The second-order valence-electron chi connectivity index (χ2n) is 7.68. The van der Waals surface area contributed by atoms with Gasteiger partial charge in [-0.25, -0.2) is 0 Å². The molecular weight excluding hydrogens is 352 g/mol. The Bertz CT molecular complexity index is 1080. The molecule has 0 aromatic heterocycles. The van der Waals surface area contributed by atoms with E-state index in [9.17, 15) is 15.0 Å². The van der Waals surface area contributed by atoms with Crippen molar-refractivity contribution in [2.75, 3.05) is 0 Å². The molecule has 0 saturated carbocycles. The third kappa shape index (κ3) is 1.43. The Kier molecular flexibility index (Phi) is 2.20. The SMILES string of the molecule is O=C1c2c(O)ccc3c2C2(Oc4cccc5c4C(CC[C@@H]5O)(O3)O2)C2OC12. The minimum absolute atomic E-state index is 0.136. The molecule has 1 fully saturated rings. The van der Waals surface area contributed by atoms with Gasteiger partial charge < -0.3 is 24.4 Å². The molecule has 2 spiro atoms. The number of carbonyl (C=O) groups is 1. The van der Waals surface area contributed by atoms with E-state index < -0.39 is 29.9 Å². The lowest BCUT2D eigenvalue weighted by Crippen LogP contribution is -2.61. The van der Waals surface area contributed by atoms with Gasteiger partial charge in [-0.3, -0.25) is 9.53 Å². The molecule has 2 aliphatic carbocycles. The zero-order valence-corrected chi connectivity index (χ0v) is 14.0. The summed E-state index contributed by atoms with van der Waals surface area (Å²) in [5.74, 6) is -1.92. The van der Waals surface area contributed by atoms with Gasteiger partial charge in [-0.1, -0.05) is 12.1 Å². The number of ether oxygens (including phenoxy) is 4. The van der Waals surface area contributed by atoms with Gasteiger partial charge in [0.2, 0.25) is 5.79 Å². The Morgan fingerprint density at radius 2 is 1.93 bits per heavy atom. The van der Waals surface area contributed by atoms with Crippen LogP contribution in [0.15, 0.2) is 30.3 Å². The average molecular weight is 366 g/mol. The van der Waals surface area contributed by atoms with Crippen molar-refractivity contribution < 1.29 is 34.0 Å². The molecule has 7 rings (SSSR count). The first kappa shape index (κ1) is 14.4. The van der Waals surface area contributed by atoms with Gasteiger partial charge in [0.25, 0.3) is 5.79 Å². The monoisotopic (exact) mass is 366 g/mol. The molecule has 7 heteroatoms. The van der Waals surface area contributed by atoms with E-state index >= 15 is 0 Å². The summed E-state index contributed by atoms with van der Waals surface area (Å²) in [5.41, 5.74) is 1.93. The molecule has 136 valence electrons. The molecule has 4 unspecified atom stereocenters. The molecule has 2 bridgehead atoms. The Labute approximate surface area is 153 Å². The van der Waals surface area contributed by atoms with E-state index in [1.54, 1.807) is 12.1 Å². The van der Waals surface area contributed by atoms with E-state index in [1.807, 2.05) is 12.1 Å². The van der Waals surface area contributed by atoms with Gasteiger partial charge in [-0.15, -0.1) is 0 Å². The molecule has 7 nitrogen and oxygen atoms in total. The molecule has 5 aliphatic rings. The highest BCUT2D eigenvalue weighted by atomic mass is 16.8. The van der Waals surface area contributed by atoms with E-state index in [4.69, 9.17) is 18.9 Å². The molecule has 0 amide bonds. The molecule has 5 atom stereocenters. The number of phenols is 1. The summed E-state index contributed by atoms with van der Waals surface area (Å²) in [6.07, 6.45) is -1.01. The number of aromatic hydroxyl groups is 1. The molecule has 1 saturated heterocycles. The average Bonchev–Trinajstić information content (AvgIpc) is 3.46. The number of epoxide rings is 1. The van der Waals surface area contributed by atoms with Gasteiger partial charge >= 0.3 is 0 Å². The predicted octanol–water partition coefficient (Wildman–Crippen LogP) is 1.99. The number of fused-ring (bicyclic) bond motifs is 1. The van der Waals surface area contributed by atoms with Gasteiger partial charge in [-0.05, 0) is 30.2 Å². The largest absolute Gasteiger partial charge is 0.507 e. The van der Waals surface area contributed by atoms with E-state index in [-0.39, 0.29) is 17.1 Å². The smallest absolute Gasteiger partial charge is 0.274 e. The number of aliphatic hydroxyl groups is 1. The lowest BCUT2D eigenvalue weighted by Gasteiger charge is -2.54. The van der Waals surface area contributed by atoms with Crippen LogP contribution >= 0.6 is 0 Å². The standard InChI is InChI=1S/C20H14O7/c21-9-6-7-19-14-8(9)2-1-3-11(14)26-20(27-19)15-12(25-19)5-4-10(22)13(15)16(23)17-18(20)24-17/h1-5,9,17-18,21-22H,6-7H2/t9-,17?,18?,19?,20?/m0/s1. The molecule has 2 aromatic rings. The van der Waals surface area contributed by atoms with Crippen molar-refractivity contribution in [1.29, 1.82) is 0 Å². The minimum Gasteiger partial charge on any atom is -0.507 e. The van der Waals surface area contributed by atoms with Gasteiger partial charge in [0.1, 0.15) is 17.2 Å². The predicted molar refractivity (Wildman–Crippen MR) is 87.4 cm³/mol. The molecule has 0 radical (unpaired) electrons. The Hall–Kier alpha value is -2.61. The first-order valence-electron chi connectivity index (χ1n) is 9.00. The Morgan fingerprint density at radius 1 is 1.07 bits per heavy atom. The van der Waals surface area contributed by atoms with Crippen molar-refractivity contribution in [1.82, 2.24) is 0 Å². The van der Waals surface area contributed by atoms with E-state index in [0.29, 0.717) is 35.5 Å². The summed E-state index contributed by atoms with van der Waals surface area (Å²) in [6, 6.07) is 8.55. The van der Waals surface area contributed by atoms with Crippen LogP contribution in [-0.2, 0) is 21.0 Å². The first-order valence-corrected chi connectivity index (χ1v) is 9.00. The highest BCUT2D eigenvalue weighted by molar-refractivity contribution is 6.07. The molecule has 2 N–H and O–H groups in total. The van der Waals surface area contributed by atoms with Crippen LogP contribution in [0.3, 0.4) is 0 Å². The second-order valence-corrected chi connectivity index (χ2v) is 7.68. The van der Waals surface area contributed by atoms with E-state index in [2.05, 4.69) is 0 Å². The van der Waals surface area contributed by atoms with Crippen molar-refractivity contribution in [3.05, 3.63) is 52.6 Å². The fourth-order valence-corrected chi connectivity index (χ4v) is 5.11. The van der Waals surface area contributed by atoms with E-state index in [0.717, 1.165) is 5.56 Å². The van der Waals surface area contributed by atoms with Gasteiger partial charge in [-0.2, -0.15) is 0 Å². The first-order chi connectivity index (χ1) is 13.0. The van der Waals surface area contributed by atoms with Gasteiger partial charge in [0.15, 0.2) is 18.0 Å². The van der Waals surface area contributed by atoms with Crippen LogP contribution in [0, 0.1) is 0 Å². The highest BCUT2D eigenvalue weighted by Gasteiger charge is 2.74. The number of hydrogen-bond donors (Lipinski definition) is 2. The number of benzene rings is 2. The van der Waals surface area contributed by atoms with Crippen LogP contribution in [0.1, 0.15) is 46.0 Å². The molecule has 3 aliphatic heterocycles. The van der Waals surface area contributed by atoms with E-state index in [1.165, 1.54) is 6.07 Å². The van der Waals surface area contributed by atoms with Crippen molar-refractivity contribution >= 4 is 5.78 Å². The fraction of sp³-hybridized carbons (Fsp3) is 0.350. The molecular formula is C20H14O7. The van der Waals surface area contributed by atoms with Crippen molar-refractivity contribution in [3.63, 3.8) is 0 Å². The number of carbonyl (C=O) groups excluding carboxylic acids is 1. The maximum Gasteiger partial charge on any atom is 0.274 e. The second kappa shape index (κ2) is 4.11. The van der Waals surface area contributed by atoms with Crippen LogP contribution in [0.25, 0.3) is 0 Å². The van der Waals surface area contributed by atoms with Crippen molar-refractivity contribution in [2.45, 2.75) is 42.7 Å². The fourth-order valence-electron chi connectivity index (χ4n) is 5.11. The quantitative estimate of drug-likeness (QED) is 0.688. The maximum absolute atomic E-state index is 12.7. The number of Topliss-reactive ketones (excluding diaryl/α,β-unsaturated/α-hetero) is 1. The number of aliphatic hydroxyl groups excluding tert-OH is 1. The van der Waals surface area contributed by atoms with Crippen LogP contribution in [0.2, 0.25) is 0 Å². The summed E-state index contributed by atoms with van der Waals surface area (Å²) < 4.78 is 24.8. The lowest BCUT2D eigenvalue weighted by atomic mass is 9.78. The number of rotatable bonds is 0. The van der Waals surface area contributed by atoms with Crippen LogP contribution in [-0.4, -0.2) is 28.2 Å². The highest BCUT2D eigenvalue weighted by Crippen LogP contribution is 2.65. The summed E-state index contributed by atoms with van der Waals surface area (Å²) >= 11 is 0. The summed E-state index contributed by atoms with van der Waals surface area (Å²) in [6.45, 7) is 0. The molecule has 3 heterocycles. The molecule has 2 aromatic carbocycles. The van der Waals surface area contributed by atoms with Gasteiger partial charge in [0.05, 0.1) is 22.8 Å². The van der Waals surface area contributed by atoms with Crippen LogP contribution < -0.4 is 9.47 Å². The number of hydrogen-bond acceptors (Lipinski definition) is 7. The summed E-state index contributed by atoms with van der Waals surface area (Å²) in [4.78, 5) is 12.7. The Balaban J connectivity index is 1.58. The molecule has 27 heavy (non-hydrogen) atoms. The summed E-state index contributed by atoms with van der Waals surface area (Å²) in [5, 5.41) is 20.8. The zero-order valence-electron chi connectivity index (χ0n) is 14.0. The number of phenolic OH excluding ortho intramolecular Hbond substituents is 1. The summed E-state index contributed by atoms with van der Waals surface area (Å²) in [7, 11) is 0. The number of ketones is 1. The maximum atomic E-state index is 12.7. The van der Waals surface area contributed by atoms with Crippen LogP contribution in [0.5, 0.6) is 17.2 Å². The van der Waals surface area contributed by atoms with Crippen molar-refractivity contribution in [3.8, 4) is 17.2 Å². The topological polar surface area (TPSA) is 97.8 Å². The third-order valence-corrected chi connectivity index (χ3v) is 6.26. The van der Waals surface area contributed by atoms with Crippen molar-refractivity contribution in [2.24, 2.45) is 0 Å². The minimum atomic E-state index is -1.35. The normalized spacial score (nSPS) is 38.7. The van der Waals surface area contributed by atoms with Gasteiger partial charge in [0, 0.05) is 6.42 Å². The van der Waals surface area contributed by atoms with Crippen LogP contribution in [0.4, 0.5) is 0 Å². The lowest BCUT2D eigenvalue weighted by molar-refractivity contribution is -0.370. The Morgan fingerprint density at radius 3 is 2.81 bits per heavy atom. The third-order valence-electron chi connectivity index (χ3n) is 6.26. The zero-order chi connectivity index (χ0) is 18.1.